The number of thiazole rings is 1. The fraction of sp³-hybridized carbons (Fsp3) is 0.518. The number of rotatable bonds is 18. The Kier molecular flexibility index (Phi) is 19.5. The highest BCUT2D eigenvalue weighted by Crippen LogP contribution is 2.32. The Hall–Kier alpha value is -7.02. The number of para-hydroxylation sites is 1. The molecular formula is C56H72ClF2N13O8S. The van der Waals surface area contributed by atoms with Crippen molar-refractivity contribution in [1.29, 1.82) is 0 Å². The number of nitrogens with one attached hydrogen (secondary N) is 4. The van der Waals surface area contributed by atoms with Gasteiger partial charge in [-0.15, -0.1) is 0 Å². The van der Waals surface area contributed by atoms with Crippen LogP contribution < -0.4 is 26.2 Å². The average Bonchev–Trinajstić information content (AvgIpc) is 3.99. The van der Waals surface area contributed by atoms with Crippen molar-refractivity contribution >= 4 is 91.9 Å². The van der Waals surface area contributed by atoms with Crippen molar-refractivity contribution in [3.8, 4) is 0 Å². The molecule has 0 radical (unpaired) electrons. The number of carbonyl (C=O) groups excluding carboxylic acids is 6. The first-order valence-electron chi connectivity index (χ1n) is 27.4. The smallest absolute Gasteiger partial charge is 0.410 e. The lowest BCUT2D eigenvalue weighted by Crippen LogP contribution is -2.60. The SMILES string of the molecule is Cc1nc(Nc2ncc(C(=O)Nc3c(C)cccc3Cl)s2)cc(N2CCN(CCOCCNC(=O)c3c(C(=O)N4CCN(C(=O)C(NC(=O)C(C)N(C)C(=O)OC(C)(C)C)C5CCCCC5)CC4)n(C)c4cc(F)c(F)cc34)CC2)n1. The maximum absolute atomic E-state index is 14.9. The van der Waals surface area contributed by atoms with Crippen LogP contribution in [0.4, 0.5) is 36.0 Å². The number of fused-ring (bicyclic) bond motifs is 1. The lowest BCUT2D eigenvalue weighted by atomic mass is 9.83. The van der Waals surface area contributed by atoms with E-state index in [0.717, 1.165) is 68.7 Å². The first-order chi connectivity index (χ1) is 38.6. The number of aryl methyl sites for hydroxylation is 3. The van der Waals surface area contributed by atoms with E-state index in [4.69, 9.17) is 21.1 Å². The molecule has 2 atom stereocenters. The predicted molar refractivity (Wildman–Crippen MR) is 305 cm³/mol. The molecule has 8 rings (SSSR count). The van der Waals surface area contributed by atoms with Crippen molar-refractivity contribution in [3.05, 3.63) is 86.8 Å². The van der Waals surface area contributed by atoms with Gasteiger partial charge in [0.15, 0.2) is 16.8 Å². The molecule has 1 aliphatic carbocycles. The van der Waals surface area contributed by atoms with E-state index in [1.54, 1.807) is 38.7 Å². The summed E-state index contributed by atoms with van der Waals surface area (Å²) in [7, 11) is 2.99. The number of halogens is 3. The molecule has 2 aliphatic heterocycles. The van der Waals surface area contributed by atoms with Gasteiger partial charge in [0, 0.05) is 97.1 Å². The maximum atomic E-state index is 14.9. The Morgan fingerprint density at radius 2 is 1.58 bits per heavy atom. The molecule has 2 unspecified atom stereocenters. The van der Waals surface area contributed by atoms with Crippen LogP contribution in [0.2, 0.25) is 5.02 Å². The van der Waals surface area contributed by atoms with Crippen LogP contribution in [0.3, 0.4) is 0 Å². The van der Waals surface area contributed by atoms with E-state index in [9.17, 15) is 37.5 Å². The van der Waals surface area contributed by atoms with E-state index >= 15 is 0 Å². The molecule has 25 heteroatoms. The van der Waals surface area contributed by atoms with Gasteiger partial charge in [0.25, 0.3) is 17.7 Å². The van der Waals surface area contributed by atoms with Gasteiger partial charge in [0.2, 0.25) is 11.8 Å². The van der Waals surface area contributed by atoms with Gasteiger partial charge in [-0.2, -0.15) is 0 Å². The predicted octanol–water partition coefficient (Wildman–Crippen LogP) is 7.14. The molecular weight excluding hydrogens is 1090 g/mol. The minimum Gasteiger partial charge on any atom is -0.444 e. The van der Waals surface area contributed by atoms with Crippen molar-refractivity contribution in [2.75, 3.05) is 101 Å². The number of benzene rings is 2. The Bertz CT molecular complexity index is 3110. The average molecular weight is 1160 g/mol. The van der Waals surface area contributed by atoms with Gasteiger partial charge in [-0.3, -0.25) is 33.8 Å². The Morgan fingerprint density at radius 3 is 2.27 bits per heavy atom. The first kappa shape index (κ1) is 60.1. The Morgan fingerprint density at radius 1 is 0.889 bits per heavy atom. The first-order valence-corrected chi connectivity index (χ1v) is 28.6. The second-order valence-corrected chi connectivity index (χ2v) is 23.2. The Labute approximate surface area is 479 Å². The van der Waals surface area contributed by atoms with E-state index in [0.29, 0.717) is 58.6 Å². The number of hydrogen-bond acceptors (Lipinski definition) is 15. The van der Waals surface area contributed by atoms with Crippen molar-refractivity contribution in [1.82, 2.24) is 49.8 Å². The van der Waals surface area contributed by atoms with Crippen molar-refractivity contribution in [2.45, 2.75) is 91.3 Å². The van der Waals surface area contributed by atoms with Crippen LogP contribution in [0.5, 0.6) is 0 Å². The van der Waals surface area contributed by atoms with Crippen LogP contribution in [-0.2, 0) is 26.1 Å². The highest BCUT2D eigenvalue weighted by Gasteiger charge is 2.39. The number of amides is 6. The number of likely N-dealkylation sites (N-methyl/N-ethyl adjacent to an activating group) is 1. The highest BCUT2D eigenvalue weighted by molar-refractivity contribution is 7.17. The number of ether oxygens (including phenoxy) is 2. The minimum absolute atomic E-state index is 0.0624. The van der Waals surface area contributed by atoms with E-state index in [-0.39, 0.29) is 79.2 Å². The maximum Gasteiger partial charge on any atom is 0.410 e. The van der Waals surface area contributed by atoms with Gasteiger partial charge in [-0.05, 0) is 78.0 Å². The molecule has 81 heavy (non-hydrogen) atoms. The summed E-state index contributed by atoms with van der Waals surface area (Å²) < 4.78 is 42.4. The fourth-order valence-electron chi connectivity index (χ4n) is 10.3. The molecule has 3 aromatic heterocycles. The summed E-state index contributed by atoms with van der Waals surface area (Å²) in [5.41, 5.74) is 0.602. The molecule has 1 saturated carbocycles. The molecule has 0 bridgehead atoms. The van der Waals surface area contributed by atoms with Crippen LogP contribution in [0.15, 0.2) is 42.6 Å². The molecule has 2 saturated heterocycles. The summed E-state index contributed by atoms with van der Waals surface area (Å²) in [5, 5.41) is 12.9. The molecule has 3 fully saturated rings. The summed E-state index contributed by atoms with van der Waals surface area (Å²) in [5.74, 6) is -2.89. The summed E-state index contributed by atoms with van der Waals surface area (Å²) in [6, 6.07) is 7.35. The molecule has 5 aromatic rings. The van der Waals surface area contributed by atoms with E-state index in [1.807, 2.05) is 32.0 Å². The number of anilines is 4. The molecule has 5 heterocycles. The van der Waals surface area contributed by atoms with Crippen LogP contribution in [0, 0.1) is 31.4 Å². The molecule has 0 spiro atoms. The molecule has 6 amide bonds. The standard InChI is InChI=1S/C56H72ClF2N13O8S/c1-33-13-12-16-38(57)46(33)65-50(74)42-32-61-54(81-42)64-43-31-44(63-35(3)62-43)70-20-18-69(19-21-70)26-28-79-27-17-60-51(75)45-37-29-39(58)40(59)30-41(37)68(8)48(45)53(77)72-24-22-71(23-25-72)52(76)47(36-14-10-9-11-15-36)66-49(73)34(2)67(7)55(78)80-56(4,5)6/h12-13,16,29-32,34,36,47H,9-11,14-15,17-28H2,1-8H3,(H,60,75)(H,65,74)(H,66,73)(H,61,62,63,64). The highest BCUT2D eigenvalue weighted by atomic mass is 35.5. The zero-order valence-corrected chi connectivity index (χ0v) is 48.7. The number of aromatic nitrogens is 4. The molecule has 4 N–H and O–H groups in total. The summed E-state index contributed by atoms with van der Waals surface area (Å²) in [6.07, 6.45) is 5.16. The van der Waals surface area contributed by atoms with E-state index in [1.165, 1.54) is 46.0 Å². The summed E-state index contributed by atoms with van der Waals surface area (Å²) in [4.78, 5) is 105. The zero-order valence-electron chi connectivity index (χ0n) is 47.1. The van der Waals surface area contributed by atoms with Crippen LogP contribution in [0.25, 0.3) is 10.9 Å². The summed E-state index contributed by atoms with van der Waals surface area (Å²) >= 11 is 7.50. The molecule has 21 nitrogen and oxygen atoms in total. The Balaban J connectivity index is 0.817. The van der Waals surface area contributed by atoms with Gasteiger partial charge >= 0.3 is 6.09 Å². The second kappa shape index (κ2) is 26.3. The van der Waals surface area contributed by atoms with Gasteiger partial charge < -0.3 is 50.0 Å². The third-order valence-electron chi connectivity index (χ3n) is 14.9. The van der Waals surface area contributed by atoms with Crippen LogP contribution in [-0.4, -0.2) is 178 Å². The van der Waals surface area contributed by atoms with Gasteiger partial charge in [-0.1, -0.05) is 54.3 Å². The summed E-state index contributed by atoms with van der Waals surface area (Å²) in [6.45, 7) is 15.0. The van der Waals surface area contributed by atoms with E-state index < -0.39 is 53.1 Å². The van der Waals surface area contributed by atoms with Crippen molar-refractivity contribution < 1.29 is 47.0 Å². The topological polar surface area (TPSA) is 229 Å². The molecule has 2 aromatic carbocycles. The normalized spacial score (nSPS) is 16.2. The second-order valence-electron chi connectivity index (χ2n) is 21.7. The number of nitrogens with zero attached hydrogens (tertiary/aromatic N) is 9. The van der Waals surface area contributed by atoms with Crippen molar-refractivity contribution in [3.63, 3.8) is 0 Å². The molecule has 3 aliphatic rings. The fourth-order valence-corrected chi connectivity index (χ4v) is 11.3. The number of piperazine rings is 2. The van der Waals surface area contributed by atoms with Gasteiger partial charge in [0.05, 0.1) is 41.2 Å². The largest absolute Gasteiger partial charge is 0.444 e. The lowest BCUT2D eigenvalue weighted by molar-refractivity contribution is -0.140. The minimum atomic E-state index is -1.17. The third kappa shape index (κ3) is 14.7. The van der Waals surface area contributed by atoms with Gasteiger partial charge in [-0.25, -0.2) is 28.5 Å². The van der Waals surface area contributed by atoms with Crippen LogP contribution in [0.1, 0.15) is 102 Å². The number of hydrogen-bond donors (Lipinski definition) is 4. The molecule has 436 valence electrons. The third-order valence-corrected chi connectivity index (χ3v) is 16.1. The van der Waals surface area contributed by atoms with Gasteiger partial charge in [0.1, 0.15) is 45.7 Å². The lowest BCUT2D eigenvalue weighted by Gasteiger charge is -2.39. The van der Waals surface area contributed by atoms with Crippen molar-refractivity contribution in [2.24, 2.45) is 13.0 Å². The van der Waals surface area contributed by atoms with Crippen LogP contribution >= 0.6 is 22.9 Å². The quantitative estimate of drug-likeness (QED) is 0.0640. The monoisotopic (exact) mass is 1160 g/mol. The number of carbonyl (C=O) groups is 6. The van der Waals surface area contributed by atoms with E-state index in [2.05, 4.69) is 46.0 Å². The zero-order chi connectivity index (χ0) is 58.3.